The fourth-order valence-corrected chi connectivity index (χ4v) is 4.94. The number of aryl methyl sites for hydroxylation is 2. The van der Waals surface area contributed by atoms with Gasteiger partial charge in [0.2, 0.25) is 0 Å². The Bertz CT molecular complexity index is 1480. The van der Waals surface area contributed by atoms with E-state index in [1.54, 1.807) is 13.0 Å². The van der Waals surface area contributed by atoms with E-state index in [9.17, 15) is 9.18 Å². The van der Waals surface area contributed by atoms with Crippen LogP contribution in [-0.4, -0.2) is 50.7 Å². The highest BCUT2D eigenvalue weighted by molar-refractivity contribution is 5.84. The van der Waals surface area contributed by atoms with Gasteiger partial charge in [0.05, 0.1) is 16.8 Å². The number of imidazole rings is 1. The molecule has 1 fully saturated rings. The summed E-state index contributed by atoms with van der Waals surface area (Å²) in [6.45, 7) is 8.71. The topological polar surface area (TPSA) is 79.7 Å². The van der Waals surface area contributed by atoms with Gasteiger partial charge in [0.1, 0.15) is 23.4 Å². The summed E-state index contributed by atoms with van der Waals surface area (Å²) in [5, 5.41) is 14.4. The van der Waals surface area contributed by atoms with E-state index in [2.05, 4.69) is 29.0 Å². The smallest absolute Gasteiger partial charge is 0.170 e. The van der Waals surface area contributed by atoms with Crippen LogP contribution in [0.25, 0.3) is 28.0 Å². The van der Waals surface area contributed by atoms with E-state index < -0.39 is 5.82 Å². The summed E-state index contributed by atoms with van der Waals surface area (Å²) in [5.41, 5.74) is 4.04. The number of rotatable bonds is 4. The van der Waals surface area contributed by atoms with Gasteiger partial charge in [-0.1, -0.05) is 13.3 Å². The van der Waals surface area contributed by atoms with Crippen molar-refractivity contribution in [3.8, 4) is 23.1 Å². The van der Waals surface area contributed by atoms with E-state index in [0.717, 1.165) is 28.2 Å². The molecule has 1 saturated heterocycles. The minimum atomic E-state index is -0.626. The predicted molar refractivity (Wildman–Crippen MR) is 143 cm³/mol. The minimum absolute atomic E-state index is 0.0402. The van der Waals surface area contributed by atoms with Gasteiger partial charge < -0.3 is 4.90 Å². The Hall–Kier alpha value is -3.83. The van der Waals surface area contributed by atoms with Crippen LogP contribution >= 0.6 is 0 Å². The van der Waals surface area contributed by atoms with Crippen LogP contribution in [-0.2, 0) is 7.05 Å². The van der Waals surface area contributed by atoms with Crippen LogP contribution in [0.15, 0.2) is 36.4 Å². The first-order chi connectivity index (χ1) is 17.8. The number of nitriles is 1. The quantitative estimate of drug-likeness (QED) is 0.341. The fraction of sp³-hybridized carbons (Fsp3) is 0.379. The molecule has 1 unspecified atom stereocenters. The number of nitrogens with zero attached hydrogens (tertiary/aromatic N) is 6. The molecule has 0 spiro atoms. The third-order valence-corrected chi connectivity index (χ3v) is 7.27. The summed E-state index contributed by atoms with van der Waals surface area (Å²) in [6, 6.07) is 11.9. The van der Waals surface area contributed by atoms with Crippen molar-refractivity contribution in [2.75, 3.05) is 20.1 Å². The highest BCUT2D eigenvalue weighted by Gasteiger charge is 2.19. The molecule has 0 bridgehead atoms. The number of piperidine rings is 1. The number of carbonyl (C=O) groups is 1. The lowest BCUT2D eigenvalue weighted by Crippen LogP contribution is -2.31. The Morgan fingerprint density at radius 2 is 1.95 bits per heavy atom. The van der Waals surface area contributed by atoms with Gasteiger partial charge in [0, 0.05) is 35.9 Å². The summed E-state index contributed by atoms with van der Waals surface area (Å²) in [6.07, 6.45) is 4.92. The Morgan fingerprint density at radius 3 is 2.57 bits per heavy atom. The van der Waals surface area contributed by atoms with Crippen LogP contribution in [0.2, 0.25) is 0 Å². The normalized spacial score (nSPS) is 15.8. The average Bonchev–Trinajstić information content (AvgIpc) is 3.39. The van der Waals surface area contributed by atoms with E-state index in [1.165, 1.54) is 44.5 Å². The SMILES string of the molecule is CCC1CCCN(C)C1.Cc1c2cc(-n3c(-c4ccc(C#N)c(F)c4)nc(C=O)c3C)ccc2nn1C. The molecule has 2 aromatic heterocycles. The van der Waals surface area contributed by atoms with E-state index in [-0.39, 0.29) is 11.3 Å². The lowest BCUT2D eigenvalue weighted by molar-refractivity contribution is 0.111. The molecule has 0 saturated carbocycles. The molecule has 2 aromatic carbocycles. The maximum atomic E-state index is 14.2. The van der Waals surface area contributed by atoms with E-state index in [4.69, 9.17) is 5.26 Å². The largest absolute Gasteiger partial charge is 0.306 e. The van der Waals surface area contributed by atoms with Gasteiger partial charge in [-0.05, 0) is 82.6 Å². The summed E-state index contributed by atoms with van der Waals surface area (Å²) in [4.78, 5) is 18.3. The first-order valence-corrected chi connectivity index (χ1v) is 12.6. The molecule has 37 heavy (non-hydrogen) atoms. The molecular formula is C29H33FN6O. The van der Waals surface area contributed by atoms with Crippen LogP contribution in [0, 0.1) is 36.9 Å². The van der Waals surface area contributed by atoms with Gasteiger partial charge in [-0.25, -0.2) is 9.37 Å². The molecule has 1 aliphatic rings. The molecule has 5 rings (SSSR count). The van der Waals surface area contributed by atoms with E-state index >= 15 is 0 Å². The Labute approximate surface area is 217 Å². The molecule has 3 heterocycles. The maximum absolute atomic E-state index is 14.2. The molecule has 0 radical (unpaired) electrons. The molecular weight excluding hydrogens is 467 g/mol. The van der Waals surface area contributed by atoms with Crippen LogP contribution in [0.3, 0.4) is 0 Å². The number of fused-ring (bicyclic) bond motifs is 1. The summed E-state index contributed by atoms with van der Waals surface area (Å²) < 4.78 is 17.8. The number of carbonyl (C=O) groups excluding carboxylic acids is 1. The number of hydrogen-bond donors (Lipinski definition) is 0. The number of aldehydes is 1. The molecule has 4 aromatic rings. The van der Waals surface area contributed by atoms with Gasteiger partial charge in [-0.3, -0.25) is 14.0 Å². The highest BCUT2D eigenvalue weighted by Crippen LogP contribution is 2.29. The first-order valence-electron chi connectivity index (χ1n) is 12.6. The van der Waals surface area contributed by atoms with Crippen molar-refractivity contribution < 1.29 is 9.18 Å². The molecule has 8 heteroatoms. The number of hydrogen-bond acceptors (Lipinski definition) is 5. The van der Waals surface area contributed by atoms with Gasteiger partial charge in [0.15, 0.2) is 6.29 Å². The number of likely N-dealkylation sites (tertiary alicyclic amines) is 1. The van der Waals surface area contributed by atoms with Crippen LogP contribution < -0.4 is 0 Å². The predicted octanol–water partition coefficient (Wildman–Crippen LogP) is 5.60. The molecule has 192 valence electrons. The molecule has 0 amide bonds. The van der Waals surface area contributed by atoms with Gasteiger partial charge in [0.25, 0.3) is 0 Å². The van der Waals surface area contributed by atoms with Crippen LogP contribution in [0.1, 0.15) is 53.6 Å². The second kappa shape index (κ2) is 11.1. The van der Waals surface area contributed by atoms with Crippen LogP contribution in [0.4, 0.5) is 4.39 Å². The molecule has 1 atom stereocenters. The Kier molecular flexibility index (Phi) is 7.84. The number of aromatic nitrogens is 4. The number of benzene rings is 2. The van der Waals surface area contributed by atoms with Gasteiger partial charge >= 0.3 is 0 Å². The van der Waals surface area contributed by atoms with Gasteiger partial charge in [-0.15, -0.1) is 0 Å². The van der Waals surface area contributed by atoms with Crippen molar-refractivity contribution in [2.24, 2.45) is 13.0 Å². The van der Waals surface area contributed by atoms with Gasteiger partial charge in [-0.2, -0.15) is 10.4 Å². The fourth-order valence-electron chi connectivity index (χ4n) is 4.94. The maximum Gasteiger partial charge on any atom is 0.170 e. The lowest BCUT2D eigenvalue weighted by Gasteiger charge is -2.28. The lowest BCUT2D eigenvalue weighted by atomic mass is 9.96. The summed E-state index contributed by atoms with van der Waals surface area (Å²) in [7, 11) is 4.11. The summed E-state index contributed by atoms with van der Waals surface area (Å²) >= 11 is 0. The highest BCUT2D eigenvalue weighted by atomic mass is 19.1. The number of halogens is 1. The first kappa shape index (κ1) is 26.2. The molecule has 7 nitrogen and oxygen atoms in total. The van der Waals surface area contributed by atoms with Crippen molar-refractivity contribution in [2.45, 2.75) is 40.0 Å². The third kappa shape index (κ3) is 5.32. The monoisotopic (exact) mass is 500 g/mol. The molecule has 1 aliphatic heterocycles. The van der Waals surface area contributed by atoms with Crippen molar-refractivity contribution in [3.05, 3.63) is 64.9 Å². The van der Waals surface area contributed by atoms with Crippen molar-refractivity contribution in [1.82, 2.24) is 24.2 Å². The second-order valence-electron chi connectivity index (χ2n) is 9.75. The molecule has 0 aliphatic carbocycles. The Morgan fingerprint density at radius 1 is 1.16 bits per heavy atom. The van der Waals surface area contributed by atoms with E-state index in [1.807, 2.05) is 47.5 Å². The third-order valence-electron chi connectivity index (χ3n) is 7.27. The van der Waals surface area contributed by atoms with Crippen LogP contribution in [0.5, 0.6) is 0 Å². The second-order valence-corrected chi connectivity index (χ2v) is 9.75. The average molecular weight is 501 g/mol. The van der Waals surface area contributed by atoms with Crippen molar-refractivity contribution in [1.29, 1.82) is 5.26 Å². The zero-order chi connectivity index (χ0) is 26.7. The molecule has 0 N–H and O–H groups in total. The Balaban J connectivity index is 0.000000301. The van der Waals surface area contributed by atoms with E-state index in [0.29, 0.717) is 23.4 Å². The van der Waals surface area contributed by atoms with Crippen molar-refractivity contribution >= 4 is 17.2 Å². The zero-order valence-electron chi connectivity index (χ0n) is 22.1. The standard InChI is InChI=1S/C21H16FN5O.C8H17N/c1-12-17-9-16(6-7-19(17)25-26(12)3)27-13(2)20(11-28)24-21(27)14-4-5-15(10-23)18(22)8-14;1-3-8-5-4-6-9(2)7-8/h4-9,11H,1-3H3;8H,3-7H2,1-2H3. The zero-order valence-corrected chi connectivity index (χ0v) is 22.1. The minimum Gasteiger partial charge on any atom is -0.306 e. The van der Waals surface area contributed by atoms with Crippen molar-refractivity contribution in [3.63, 3.8) is 0 Å². The summed E-state index contributed by atoms with van der Waals surface area (Å²) in [5.74, 6) is 0.797.